The molecule has 4 heterocycles. The van der Waals surface area contributed by atoms with E-state index in [1.54, 1.807) is 31.3 Å². The molecule has 0 saturated carbocycles. The van der Waals surface area contributed by atoms with Gasteiger partial charge in [0, 0.05) is 37.3 Å². The summed E-state index contributed by atoms with van der Waals surface area (Å²) >= 11 is 0. The number of aliphatic imine (C=N–C) groups is 1. The van der Waals surface area contributed by atoms with Crippen molar-refractivity contribution in [3.8, 4) is 11.1 Å². The van der Waals surface area contributed by atoms with Gasteiger partial charge in [-0.15, -0.1) is 0 Å². The Morgan fingerprint density at radius 1 is 1.36 bits per heavy atom. The van der Waals surface area contributed by atoms with E-state index in [2.05, 4.69) is 37.4 Å². The number of rotatable bonds is 5. The van der Waals surface area contributed by atoms with Gasteiger partial charge in [0.15, 0.2) is 5.65 Å². The molecule has 4 aromatic heterocycles. The van der Waals surface area contributed by atoms with Crippen molar-refractivity contribution >= 4 is 23.8 Å². The van der Waals surface area contributed by atoms with Gasteiger partial charge in [-0.1, -0.05) is 0 Å². The number of imidazole rings is 1. The van der Waals surface area contributed by atoms with Crippen LogP contribution in [0.2, 0.25) is 0 Å². The van der Waals surface area contributed by atoms with Gasteiger partial charge in [-0.25, -0.2) is 14.6 Å². The largest absolute Gasteiger partial charge is 0.480 e. The van der Waals surface area contributed by atoms with Crippen molar-refractivity contribution in [1.29, 1.82) is 0 Å². The highest BCUT2D eigenvalue weighted by Gasteiger charge is 2.19. The number of aromatic nitrogens is 4. The molecule has 0 radical (unpaired) electrons. The van der Waals surface area contributed by atoms with Gasteiger partial charge >= 0.3 is 0 Å². The Balaban J connectivity index is 1.87. The lowest BCUT2D eigenvalue weighted by Gasteiger charge is -2.10. The molecule has 4 rings (SSSR count). The maximum atomic E-state index is 5.50. The fourth-order valence-corrected chi connectivity index (χ4v) is 3.30. The third-order valence-corrected chi connectivity index (χ3v) is 4.62. The zero-order valence-corrected chi connectivity index (χ0v) is 16.0. The minimum atomic E-state index is 0.466. The van der Waals surface area contributed by atoms with Crippen LogP contribution in [0.5, 0.6) is 0 Å². The number of furan rings is 1. The van der Waals surface area contributed by atoms with Crippen LogP contribution >= 0.6 is 0 Å². The third kappa shape index (κ3) is 2.88. The van der Waals surface area contributed by atoms with Crippen molar-refractivity contribution in [3.05, 3.63) is 60.2 Å². The SMILES string of the molecule is C=Nn1ccc(-c2cnc3nc(C)n(Cc4ccco4)c3c2)c1/C(=N\C)OC. The maximum Gasteiger partial charge on any atom is 0.235 e. The number of aryl methyl sites for hydroxylation is 1. The minimum absolute atomic E-state index is 0.466. The van der Waals surface area contributed by atoms with Crippen molar-refractivity contribution < 1.29 is 9.15 Å². The van der Waals surface area contributed by atoms with Gasteiger partial charge in [0.2, 0.25) is 5.90 Å². The molecule has 0 spiro atoms. The number of ether oxygens (including phenoxy) is 1. The minimum Gasteiger partial charge on any atom is -0.480 e. The van der Waals surface area contributed by atoms with Gasteiger partial charge in [0.1, 0.15) is 17.3 Å². The lowest BCUT2D eigenvalue weighted by molar-refractivity contribution is 0.401. The standard InChI is InChI=1S/C20H20N6O2/c1-13-24-19-17(25(13)12-15-6-5-9-28-15)10-14(11-23-19)16-7-8-26(22-3)18(16)20(21-2)27-4/h5-11H,3,12H2,1-2,4H3/b21-20+. The number of fused-ring (bicyclic) bond motifs is 1. The van der Waals surface area contributed by atoms with Crippen LogP contribution in [-0.4, -0.2) is 46.0 Å². The summed E-state index contributed by atoms with van der Waals surface area (Å²) in [6, 6.07) is 7.82. The molecule has 0 unspecified atom stereocenters. The molecule has 0 aliphatic heterocycles. The molecule has 0 amide bonds. The molecule has 8 heteroatoms. The lowest BCUT2D eigenvalue weighted by atomic mass is 10.1. The highest BCUT2D eigenvalue weighted by Crippen LogP contribution is 2.28. The average molecular weight is 376 g/mol. The number of hydrogen-bond donors (Lipinski definition) is 0. The summed E-state index contributed by atoms with van der Waals surface area (Å²) in [5, 5.41) is 4.02. The van der Waals surface area contributed by atoms with Crippen molar-refractivity contribution in [2.24, 2.45) is 10.1 Å². The van der Waals surface area contributed by atoms with Gasteiger partial charge in [0.05, 0.1) is 25.4 Å². The van der Waals surface area contributed by atoms with E-state index >= 15 is 0 Å². The van der Waals surface area contributed by atoms with Crippen molar-refractivity contribution in [1.82, 2.24) is 19.2 Å². The first-order valence-electron chi connectivity index (χ1n) is 8.71. The molecule has 0 fully saturated rings. The third-order valence-electron chi connectivity index (χ3n) is 4.62. The van der Waals surface area contributed by atoms with Crippen LogP contribution < -0.4 is 0 Å². The predicted molar refractivity (Wildman–Crippen MR) is 108 cm³/mol. The van der Waals surface area contributed by atoms with Crippen molar-refractivity contribution in [3.63, 3.8) is 0 Å². The summed E-state index contributed by atoms with van der Waals surface area (Å²) in [5.74, 6) is 2.19. The zero-order valence-electron chi connectivity index (χ0n) is 16.0. The van der Waals surface area contributed by atoms with Crippen LogP contribution in [0.3, 0.4) is 0 Å². The van der Waals surface area contributed by atoms with Crippen molar-refractivity contribution in [2.45, 2.75) is 13.5 Å². The van der Waals surface area contributed by atoms with E-state index in [4.69, 9.17) is 9.15 Å². The Labute approximate surface area is 161 Å². The van der Waals surface area contributed by atoms with E-state index in [9.17, 15) is 0 Å². The molecule has 0 bridgehead atoms. The van der Waals surface area contributed by atoms with E-state index in [1.807, 2.05) is 31.3 Å². The predicted octanol–water partition coefficient (Wildman–Crippen LogP) is 3.34. The summed E-state index contributed by atoms with van der Waals surface area (Å²) in [7, 11) is 3.25. The normalized spacial score (nSPS) is 11.9. The molecule has 4 aromatic rings. The van der Waals surface area contributed by atoms with Crippen LogP contribution in [0.1, 0.15) is 17.3 Å². The molecular formula is C20H20N6O2. The first-order chi connectivity index (χ1) is 13.7. The highest BCUT2D eigenvalue weighted by atomic mass is 16.5. The molecular weight excluding hydrogens is 356 g/mol. The molecule has 0 saturated heterocycles. The Kier molecular flexibility index (Phi) is 4.52. The molecule has 0 aliphatic rings. The van der Waals surface area contributed by atoms with Gasteiger partial charge in [-0.2, -0.15) is 5.10 Å². The van der Waals surface area contributed by atoms with Gasteiger partial charge in [-0.05, 0) is 31.2 Å². The summed E-state index contributed by atoms with van der Waals surface area (Å²) in [6.07, 6.45) is 5.28. The van der Waals surface area contributed by atoms with Crippen LogP contribution in [0.15, 0.2) is 57.4 Å². The molecule has 0 aromatic carbocycles. The fourth-order valence-electron chi connectivity index (χ4n) is 3.30. The van der Waals surface area contributed by atoms with E-state index in [1.165, 1.54) is 0 Å². The number of pyridine rings is 1. The smallest absolute Gasteiger partial charge is 0.235 e. The van der Waals surface area contributed by atoms with Crippen LogP contribution in [-0.2, 0) is 11.3 Å². The summed E-state index contributed by atoms with van der Waals surface area (Å²) in [4.78, 5) is 13.3. The average Bonchev–Trinajstić information content (AvgIpc) is 3.43. The quantitative estimate of drug-likeness (QED) is 0.395. The lowest BCUT2D eigenvalue weighted by Crippen LogP contribution is -2.10. The summed E-state index contributed by atoms with van der Waals surface area (Å²) < 4.78 is 14.6. The molecule has 142 valence electrons. The van der Waals surface area contributed by atoms with E-state index < -0.39 is 0 Å². The summed E-state index contributed by atoms with van der Waals surface area (Å²) in [5.41, 5.74) is 4.13. The molecule has 28 heavy (non-hydrogen) atoms. The Morgan fingerprint density at radius 3 is 2.89 bits per heavy atom. The van der Waals surface area contributed by atoms with E-state index in [0.29, 0.717) is 18.1 Å². The van der Waals surface area contributed by atoms with Gasteiger partial charge in [-0.3, -0.25) is 4.99 Å². The topological polar surface area (TPSA) is 82.7 Å². The van der Waals surface area contributed by atoms with E-state index in [0.717, 1.165) is 33.9 Å². The maximum absolute atomic E-state index is 5.50. The van der Waals surface area contributed by atoms with Crippen LogP contribution in [0.25, 0.3) is 22.3 Å². The summed E-state index contributed by atoms with van der Waals surface area (Å²) in [6.45, 7) is 6.17. The molecule has 8 nitrogen and oxygen atoms in total. The van der Waals surface area contributed by atoms with Gasteiger partial charge < -0.3 is 13.7 Å². The second-order valence-electron chi connectivity index (χ2n) is 6.19. The second-order valence-corrected chi connectivity index (χ2v) is 6.19. The van der Waals surface area contributed by atoms with Gasteiger partial charge in [0.25, 0.3) is 0 Å². The Bertz CT molecular complexity index is 1170. The highest BCUT2D eigenvalue weighted by molar-refractivity contribution is 6.00. The van der Waals surface area contributed by atoms with Crippen molar-refractivity contribution in [2.75, 3.05) is 14.2 Å². The molecule has 0 N–H and O–H groups in total. The molecule has 0 atom stereocenters. The van der Waals surface area contributed by atoms with Crippen LogP contribution in [0, 0.1) is 6.92 Å². The van der Waals surface area contributed by atoms with Crippen LogP contribution in [0.4, 0.5) is 0 Å². The number of hydrogen-bond acceptors (Lipinski definition) is 6. The van der Waals surface area contributed by atoms with E-state index in [-0.39, 0.29) is 0 Å². The second kappa shape index (κ2) is 7.15. The Hall–Kier alpha value is -3.68. The first-order valence-corrected chi connectivity index (χ1v) is 8.71. The fraction of sp³-hybridized carbons (Fsp3) is 0.200. The Morgan fingerprint density at radius 2 is 2.21 bits per heavy atom. The zero-order chi connectivity index (χ0) is 19.7. The first kappa shape index (κ1) is 17.7. The monoisotopic (exact) mass is 376 g/mol. The molecule has 0 aliphatic carbocycles. The number of methoxy groups -OCH3 is 1. The number of nitrogens with zero attached hydrogens (tertiary/aromatic N) is 6.